The first-order valence-electron chi connectivity index (χ1n) is 14.4. The van der Waals surface area contributed by atoms with Gasteiger partial charge in [-0.25, -0.2) is 0 Å². The molecule has 0 unspecified atom stereocenters. The zero-order chi connectivity index (χ0) is 28.3. The number of nitriles is 1. The number of fused-ring (bicyclic) bond motifs is 2. The molecule has 2 saturated heterocycles. The standard InChI is InChI=1S/C31H35N7O2S/c1-3-28(39)38-15-14-37(19-22(38)11-12-32)30-29-26(34-31(35-30)40-20-23-7-5-13-36(23)2)17-21(18-33-29)24-8-4-10-27-25(24)9-6-16-41-27/h3-4,8,10,17-18,22-23H,1,5-7,9,11,13-16,19-20H2,2H3/t22-,23-/m0/s1. The van der Waals surface area contributed by atoms with E-state index in [2.05, 4.69) is 53.8 Å². The highest BCUT2D eigenvalue weighted by Crippen LogP contribution is 2.38. The molecule has 0 radical (unpaired) electrons. The van der Waals surface area contributed by atoms with E-state index in [1.165, 1.54) is 28.5 Å². The maximum atomic E-state index is 12.5. The van der Waals surface area contributed by atoms with E-state index in [-0.39, 0.29) is 18.4 Å². The van der Waals surface area contributed by atoms with Gasteiger partial charge in [-0.05, 0) is 74.4 Å². The van der Waals surface area contributed by atoms with Crippen LogP contribution in [0.2, 0.25) is 0 Å². The number of piperazine rings is 1. The molecular formula is C31H35N7O2S. The molecule has 2 fully saturated rings. The lowest BCUT2D eigenvalue weighted by atomic mass is 9.97. The Morgan fingerprint density at radius 2 is 2.15 bits per heavy atom. The van der Waals surface area contributed by atoms with Crippen LogP contribution < -0.4 is 9.64 Å². The Bertz CT molecular complexity index is 1510. The minimum absolute atomic E-state index is 0.158. The summed E-state index contributed by atoms with van der Waals surface area (Å²) in [6.07, 6.45) is 7.94. The van der Waals surface area contributed by atoms with Crippen LogP contribution in [0, 0.1) is 11.3 Å². The van der Waals surface area contributed by atoms with Crippen molar-refractivity contribution < 1.29 is 9.53 Å². The Hall–Kier alpha value is -3.68. The van der Waals surface area contributed by atoms with Crippen molar-refractivity contribution in [2.75, 3.05) is 50.5 Å². The van der Waals surface area contributed by atoms with Crippen molar-refractivity contribution in [3.05, 3.63) is 48.7 Å². The molecule has 0 spiro atoms. The fourth-order valence-electron chi connectivity index (χ4n) is 6.17. The van der Waals surface area contributed by atoms with Gasteiger partial charge >= 0.3 is 6.01 Å². The van der Waals surface area contributed by atoms with E-state index in [9.17, 15) is 10.1 Å². The number of amides is 1. The molecule has 9 nitrogen and oxygen atoms in total. The highest BCUT2D eigenvalue weighted by atomic mass is 32.2. The van der Waals surface area contributed by atoms with Crippen LogP contribution in [0.5, 0.6) is 6.01 Å². The molecule has 212 valence electrons. The van der Waals surface area contributed by atoms with Gasteiger partial charge in [0, 0.05) is 42.3 Å². The van der Waals surface area contributed by atoms with Crippen LogP contribution in [0.4, 0.5) is 5.82 Å². The Morgan fingerprint density at radius 1 is 1.24 bits per heavy atom. The van der Waals surface area contributed by atoms with E-state index in [1.54, 1.807) is 4.90 Å². The van der Waals surface area contributed by atoms with Crippen LogP contribution in [0.15, 0.2) is 48.0 Å². The largest absolute Gasteiger partial charge is 0.462 e. The van der Waals surface area contributed by atoms with Crippen molar-refractivity contribution in [1.29, 1.82) is 5.26 Å². The molecule has 0 N–H and O–H groups in total. The van der Waals surface area contributed by atoms with Gasteiger partial charge in [0.05, 0.1) is 24.0 Å². The lowest BCUT2D eigenvalue weighted by Gasteiger charge is -2.40. The van der Waals surface area contributed by atoms with Crippen molar-refractivity contribution in [3.8, 4) is 23.2 Å². The number of pyridine rings is 1. The first-order chi connectivity index (χ1) is 20.1. The van der Waals surface area contributed by atoms with Crippen molar-refractivity contribution in [2.45, 2.75) is 49.1 Å². The van der Waals surface area contributed by atoms with Crippen molar-refractivity contribution >= 4 is 34.5 Å². The Balaban J connectivity index is 1.38. The molecular weight excluding hydrogens is 534 g/mol. The van der Waals surface area contributed by atoms with Crippen LogP contribution in [-0.2, 0) is 11.2 Å². The number of carbonyl (C=O) groups is 1. The molecule has 0 bridgehead atoms. The number of likely N-dealkylation sites (N-methyl/N-ethyl adjacent to an activating group) is 1. The SMILES string of the molecule is C=CC(=O)N1CCN(c2nc(OC[C@@H]3CCCN3C)nc3cc(-c4cccc5c4CCCS5)cnc23)C[C@@H]1CC#N. The van der Waals surface area contributed by atoms with Gasteiger partial charge in [0.2, 0.25) is 5.91 Å². The molecule has 41 heavy (non-hydrogen) atoms. The van der Waals surface area contributed by atoms with E-state index in [0.717, 1.165) is 42.6 Å². The number of anilines is 1. The minimum atomic E-state index is -0.270. The topological polar surface area (TPSA) is 98.5 Å². The molecule has 3 aliphatic heterocycles. The lowest BCUT2D eigenvalue weighted by molar-refractivity contribution is -0.128. The van der Waals surface area contributed by atoms with E-state index in [0.29, 0.717) is 49.6 Å². The van der Waals surface area contributed by atoms with E-state index in [4.69, 9.17) is 19.7 Å². The number of benzene rings is 1. The minimum Gasteiger partial charge on any atom is -0.462 e. The Morgan fingerprint density at radius 3 is 2.95 bits per heavy atom. The zero-order valence-electron chi connectivity index (χ0n) is 23.5. The van der Waals surface area contributed by atoms with Crippen LogP contribution in [0.1, 0.15) is 31.2 Å². The summed E-state index contributed by atoms with van der Waals surface area (Å²) in [4.78, 5) is 34.6. The molecule has 2 atom stereocenters. The van der Waals surface area contributed by atoms with Gasteiger partial charge < -0.3 is 19.4 Å². The van der Waals surface area contributed by atoms with Gasteiger partial charge in [0.1, 0.15) is 12.1 Å². The summed E-state index contributed by atoms with van der Waals surface area (Å²) in [5.74, 6) is 1.67. The maximum Gasteiger partial charge on any atom is 0.319 e. The third-order valence-corrected chi connectivity index (χ3v) is 9.60. The number of carbonyl (C=O) groups excluding carboxylic acids is 1. The van der Waals surface area contributed by atoms with Gasteiger partial charge in [0.15, 0.2) is 5.82 Å². The summed E-state index contributed by atoms with van der Waals surface area (Å²) in [6, 6.07) is 11.2. The van der Waals surface area contributed by atoms with Crippen LogP contribution in [0.3, 0.4) is 0 Å². The van der Waals surface area contributed by atoms with Crippen LogP contribution >= 0.6 is 11.8 Å². The summed E-state index contributed by atoms with van der Waals surface area (Å²) in [5.41, 5.74) is 5.03. The normalized spacial score (nSPS) is 21.0. The Labute approximate surface area is 245 Å². The van der Waals surface area contributed by atoms with Gasteiger partial charge in [0.25, 0.3) is 0 Å². The summed E-state index contributed by atoms with van der Waals surface area (Å²) in [6.45, 7) is 6.73. The van der Waals surface area contributed by atoms with E-state index < -0.39 is 0 Å². The molecule has 3 aliphatic rings. The molecule has 5 heterocycles. The van der Waals surface area contributed by atoms with Gasteiger partial charge in [-0.2, -0.15) is 15.2 Å². The molecule has 1 aromatic carbocycles. The first-order valence-corrected chi connectivity index (χ1v) is 15.3. The third-order valence-electron chi connectivity index (χ3n) is 8.41. The average molecular weight is 570 g/mol. The smallest absolute Gasteiger partial charge is 0.319 e. The van der Waals surface area contributed by atoms with Crippen LogP contribution in [-0.4, -0.2) is 88.3 Å². The number of ether oxygens (including phenoxy) is 1. The predicted octanol–water partition coefficient (Wildman–Crippen LogP) is 4.32. The molecule has 2 aromatic heterocycles. The van der Waals surface area contributed by atoms with E-state index in [1.807, 2.05) is 18.0 Å². The number of likely N-dealkylation sites (tertiary alicyclic amines) is 1. The maximum absolute atomic E-state index is 12.5. The molecule has 6 rings (SSSR count). The highest BCUT2D eigenvalue weighted by Gasteiger charge is 2.32. The van der Waals surface area contributed by atoms with Crippen molar-refractivity contribution in [2.24, 2.45) is 0 Å². The molecule has 10 heteroatoms. The fourth-order valence-corrected chi connectivity index (χ4v) is 7.24. The third kappa shape index (κ3) is 5.61. The average Bonchev–Trinajstić information content (AvgIpc) is 3.43. The summed E-state index contributed by atoms with van der Waals surface area (Å²) in [5, 5.41) is 9.49. The number of hydrogen-bond donors (Lipinski definition) is 0. The quantitative estimate of drug-likeness (QED) is 0.385. The molecule has 3 aromatic rings. The van der Waals surface area contributed by atoms with E-state index >= 15 is 0 Å². The molecule has 0 saturated carbocycles. The molecule has 1 amide bonds. The number of hydrogen-bond acceptors (Lipinski definition) is 9. The summed E-state index contributed by atoms with van der Waals surface area (Å²) in [7, 11) is 2.13. The monoisotopic (exact) mass is 569 g/mol. The number of thioether (sulfide) groups is 1. The molecule has 0 aliphatic carbocycles. The first kappa shape index (κ1) is 27.5. The summed E-state index contributed by atoms with van der Waals surface area (Å²) < 4.78 is 6.24. The second kappa shape index (κ2) is 12.0. The fraction of sp³-hybridized carbons (Fsp3) is 0.452. The van der Waals surface area contributed by atoms with Crippen LogP contribution in [0.25, 0.3) is 22.2 Å². The zero-order valence-corrected chi connectivity index (χ0v) is 24.3. The van der Waals surface area contributed by atoms with Gasteiger partial charge in [-0.1, -0.05) is 18.7 Å². The number of aromatic nitrogens is 3. The van der Waals surface area contributed by atoms with Crippen molar-refractivity contribution in [3.63, 3.8) is 0 Å². The Kier molecular flexibility index (Phi) is 8.08. The van der Waals surface area contributed by atoms with Gasteiger partial charge in [-0.3, -0.25) is 9.78 Å². The summed E-state index contributed by atoms with van der Waals surface area (Å²) >= 11 is 1.92. The van der Waals surface area contributed by atoms with Gasteiger partial charge in [-0.15, -0.1) is 11.8 Å². The predicted molar refractivity (Wildman–Crippen MR) is 161 cm³/mol. The second-order valence-electron chi connectivity index (χ2n) is 10.9. The van der Waals surface area contributed by atoms with Crippen molar-refractivity contribution in [1.82, 2.24) is 24.8 Å². The number of rotatable bonds is 7. The highest BCUT2D eigenvalue weighted by molar-refractivity contribution is 7.99. The second-order valence-corrected chi connectivity index (χ2v) is 12.1. The number of nitrogens with zero attached hydrogens (tertiary/aromatic N) is 7. The lowest BCUT2D eigenvalue weighted by Crippen LogP contribution is -2.55.